The molecule has 2 bridgehead atoms. The van der Waals surface area contributed by atoms with Crippen molar-refractivity contribution in [1.29, 1.82) is 0 Å². The Morgan fingerprint density at radius 2 is 2.23 bits per heavy atom. The number of likely N-dealkylation sites (tertiary alicyclic amines) is 1. The number of hydrogen-bond acceptors (Lipinski definition) is 5. The maximum absolute atomic E-state index is 12.5. The fourth-order valence-corrected chi connectivity index (χ4v) is 5.89. The predicted octanol–water partition coefficient (Wildman–Crippen LogP) is 2.30. The molecule has 6 nitrogen and oxygen atoms in total. The molecule has 7 heteroatoms. The van der Waals surface area contributed by atoms with E-state index in [0.717, 1.165) is 43.1 Å². The second kappa shape index (κ2) is 6.60. The van der Waals surface area contributed by atoms with Crippen molar-refractivity contribution in [2.24, 2.45) is 11.8 Å². The quantitative estimate of drug-likeness (QED) is 0.855. The van der Waals surface area contributed by atoms with Crippen LogP contribution in [-0.4, -0.2) is 53.0 Å². The molecule has 0 aliphatic carbocycles. The number of nitrogens with one attached hydrogen (secondary N) is 1. The normalized spacial score (nSPS) is 32.1. The van der Waals surface area contributed by atoms with Gasteiger partial charge in [0.2, 0.25) is 5.91 Å². The topological polar surface area (TPSA) is 71.5 Å². The summed E-state index contributed by atoms with van der Waals surface area (Å²) in [6.45, 7) is 7.95. The van der Waals surface area contributed by atoms with Crippen LogP contribution in [0.15, 0.2) is 0 Å². The molecule has 2 amide bonds. The van der Waals surface area contributed by atoms with Gasteiger partial charge in [-0.15, -0.1) is 11.3 Å². The number of carbonyl (C=O) groups is 2. The number of rotatable bonds is 5. The maximum atomic E-state index is 12.5. The van der Waals surface area contributed by atoms with Crippen molar-refractivity contribution in [3.8, 4) is 0 Å². The Labute approximate surface area is 158 Å². The lowest BCUT2D eigenvalue weighted by Crippen LogP contribution is -2.41. The average molecular weight is 378 g/mol. The van der Waals surface area contributed by atoms with Crippen molar-refractivity contribution in [1.82, 2.24) is 15.2 Å². The number of ether oxygens (including phenoxy) is 1. The van der Waals surface area contributed by atoms with Gasteiger partial charge in [-0.25, -0.2) is 4.98 Å². The summed E-state index contributed by atoms with van der Waals surface area (Å²) in [5, 5.41) is 4.02. The monoisotopic (exact) mass is 377 g/mol. The smallest absolute Gasteiger partial charge is 0.263 e. The molecule has 1 aromatic rings. The highest BCUT2D eigenvalue weighted by atomic mass is 32.1. The SMILES string of the molecule is CCCC(=O)N1C[C@@H]2[C@H](CNC(=O)c3sc(C)nc3C)[C@H]3CC[C@]2(C1)O3. The standard InChI is InChI=1S/C19H27N3O3S/c1-4-5-16(23)22-9-14-13(15-6-7-19(14,10-22)25-15)8-20-18(24)17-11(2)21-12(3)26-17/h13-15H,4-10H2,1-3H3,(H,20,24)/t13-,14+,15+,19+/m0/s1. The Balaban J connectivity index is 1.42. The Morgan fingerprint density at radius 1 is 1.42 bits per heavy atom. The van der Waals surface area contributed by atoms with Crippen molar-refractivity contribution in [3.63, 3.8) is 0 Å². The first kappa shape index (κ1) is 17.9. The summed E-state index contributed by atoms with van der Waals surface area (Å²) < 4.78 is 6.37. The van der Waals surface area contributed by atoms with Crippen LogP contribution < -0.4 is 5.32 Å². The molecule has 26 heavy (non-hydrogen) atoms. The average Bonchev–Trinajstić information content (AvgIpc) is 3.32. The molecule has 3 aliphatic heterocycles. The second-order valence-corrected chi connectivity index (χ2v) is 9.11. The molecule has 4 rings (SSSR count). The number of amides is 2. The van der Waals surface area contributed by atoms with E-state index in [0.29, 0.717) is 29.7 Å². The third-order valence-electron chi connectivity index (χ3n) is 6.21. The summed E-state index contributed by atoms with van der Waals surface area (Å²) in [7, 11) is 0. The van der Waals surface area contributed by atoms with Crippen molar-refractivity contribution in [3.05, 3.63) is 15.6 Å². The third-order valence-corrected chi connectivity index (χ3v) is 7.28. The van der Waals surface area contributed by atoms with Crippen molar-refractivity contribution < 1.29 is 14.3 Å². The van der Waals surface area contributed by atoms with Crippen LogP contribution in [0.3, 0.4) is 0 Å². The number of fused-ring (bicyclic) bond motifs is 1. The number of aromatic nitrogens is 1. The Hall–Kier alpha value is -1.47. The molecule has 1 spiro atoms. The molecule has 1 aromatic heterocycles. The van der Waals surface area contributed by atoms with Gasteiger partial charge in [-0.1, -0.05) is 6.92 Å². The predicted molar refractivity (Wildman–Crippen MR) is 99.2 cm³/mol. The van der Waals surface area contributed by atoms with Crippen LogP contribution in [-0.2, 0) is 9.53 Å². The van der Waals surface area contributed by atoms with E-state index in [1.165, 1.54) is 11.3 Å². The van der Waals surface area contributed by atoms with Crippen LogP contribution in [0.2, 0.25) is 0 Å². The van der Waals surface area contributed by atoms with Gasteiger partial charge in [0.05, 0.1) is 29.0 Å². The Kier molecular flexibility index (Phi) is 4.55. The van der Waals surface area contributed by atoms with Crippen molar-refractivity contribution in [2.45, 2.75) is 58.2 Å². The van der Waals surface area contributed by atoms with E-state index in [1.807, 2.05) is 25.7 Å². The van der Waals surface area contributed by atoms with Crippen LogP contribution in [0.1, 0.15) is 53.0 Å². The summed E-state index contributed by atoms with van der Waals surface area (Å²) >= 11 is 1.44. The first-order chi connectivity index (χ1) is 12.4. The van der Waals surface area contributed by atoms with Gasteiger partial charge in [0, 0.05) is 31.3 Å². The van der Waals surface area contributed by atoms with Crippen LogP contribution in [0.5, 0.6) is 0 Å². The molecule has 3 aliphatic rings. The zero-order valence-corrected chi connectivity index (χ0v) is 16.5. The second-order valence-electron chi connectivity index (χ2n) is 7.91. The van der Waals surface area contributed by atoms with Crippen LogP contribution >= 0.6 is 11.3 Å². The van der Waals surface area contributed by atoms with Gasteiger partial charge in [-0.3, -0.25) is 9.59 Å². The molecular weight excluding hydrogens is 350 g/mol. The lowest BCUT2D eigenvalue weighted by molar-refractivity contribution is -0.131. The molecule has 0 saturated carbocycles. The molecule has 0 radical (unpaired) electrons. The van der Waals surface area contributed by atoms with E-state index in [-0.39, 0.29) is 23.5 Å². The molecule has 3 fully saturated rings. The highest BCUT2D eigenvalue weighted by molar-refractivity contribution is 7.13. The number of thiazole rings is 1. The van der Waals surface area contributed by atoms with E-state index in [9.17, 15) is 9.59 Å². The highest BCUT2D eigenvalue weighted by Gasteiger charge is 2.63. The molecule has 4 atom stereocenters. The fourth-order valence-electron chi connectivity index (χ4n) is 5.06. The van der Waals surface area contributed by atoms with Gasteiger partial charge < -0.3 is 15.0 Å². The van der Waals surface area contributed by atoms with Gasteiger partial charge in [0.25, 0.3) is 5.91 Å². The summed E-state index contributed by atoms with van der Waals surface area (Å²) in [6.07, 6.45) is 3.77. The first-order valence-corrected chi connectivity index (χ1v) is 10.4. The molecule has 4 heterocycles. The van der Waals surface area contributed by atoms with E-state index < -0.39 is 0 Å². The van der Waals surface area contributed by atoms with E-state index in [2.05, 4.69) is 10.3 Å². The molecule has 0 unspecified atom stereocenters. The van der Waals surface area contributed by atoms with Crippen LogP contribution in [0.4, 0.5) is 0 Å². The Bertz CT molecular complexity index is 734. The minimum atomic E-state index is -0.166. The Morgan fingerprint density at radius 3 is 2.92 bits per heavy atom. The number of carbonyl (C=O) groups excluding carboxylic acids is 2. The summed E-state index contributed by atoms with van der Waals surface area (Å²) in [5.74, 6) is 0.830. The van der Waals surface area contributed by atoms with Crippen molar-refractivity contribution in [2.75, 3.05) is 19.6 Å². The minimum Gasteiger partial charge on any atom is -0.369 e. The largest absolute Gasteiger partial charge is 0.369 e. The van der Waals surface area contributed by atoms with E-state index >= 15 is 0 Å². The summed E-state index contributed by atoms with van der Waals surface area (Å²) in [4.78, 5) is 31.9. The third kappa shape index (κ3) is 2.85. The molecule has 1 N–H and O–H groups in total. The molecule has 3 saturated heterocycles. The van der Waals surface area contributed by atoms with Gasteiger partial charge >= 0.3 is 0 Å². The summed E-state index contributed by atoms with van der Waals surface area (Å²) in [5.41, 5.74) is 0.628. The maximum Gasteiger partial charge on any atom is 0.263 e. The zero-order valence-electron chi connectivity index (χ0n) is 15.7. The van der Waals surface area contributed by atoms with Crippen LogP contribution in [0.25, 0.3) is 0 Å². The fraction of sp³-hybridized carbons (Fsp3) is 0.737. The van der Waals surface area contributed by atoms with Gasteiger partial charge in [-0.2, -0.15) is 0 Å². The van der Waals surface area contributed by atoms with Gasteiger partial charge in [-0.05, 0) is 33.1 Å². The lowest BCUT2D eigenvalue weighted by atomic mass is 9.73. The first-order valence-electron chi connectivity index (χ1n) is 9.61. The van der Waals surface area contributed by atoms with Crippen LogP contribution in [0, 0.1) is 25.7 Å². The highest BCUT2D eigenvalue weighted by Crippen LogP contribution is 2.54. The van der Waals surface area contributed by atoms with E-state index in [1.54, 1.807) is 0 Å². The van der Waals surface area contributed by atoms with E-state index in [4.69, 9.17) is 4.74 Å². The number of nitrogens with zero attached hydrogens (tertiary/aromatic N) is 2. The van der Waals surface area contributed by atoms with Gasteiger partial charge in [0.15, 0.2) is 0 Å². The lowest BCUT2D eigenvalue weighted by Gasteiger charge is -2.29. The zero-order chi connectivity index (χ0) is 18.5. The molecule has 142 valence electrons. The minimum absolute atomic E-state index is 0.0400. The number of aryl methyl sites for hydroxylation is 2. The number of hydrogen-bond donors (Lipinski definition) is 1. The summed E-state index contributed by atoms with van der Waals surface area (Å²) in [6, 6.07) is 0. The van der Waals surface area contributed by atoms with Gasteiger partial charge in [0.1, 0.15) is 4.88 Å². The molecular formula is C19H27N3O3S. The molecule has 0 aromatic carbocycles. The van der Waals surface area contributed by atoms with Crippen molar-refractivity contribution >= 4 is 23.2 Å².